The fourth-order valence-electron chi connectivity index (χ4n) is 3.08. The number of hydrogen-bond acceptors (Lipinski definition) is 4. The van der Waals surface area contributed by atoms with Crippen LogP contribution in [-0.2, 0) is 0 Å². The number of nitrogens with zero attached hydrogens (tertiary/aromatic N) is 1. The van der Waals surface area contributed by atoms with Gasteiger partial charge in [-0.3, -0.25) is 4.79 Å². The molecule has 0 spiro atoms. The first kappa shape index (κ1) is 16.5. The summed E-state index contributed by atoms with van der Waals surface area (Å²) in [4.78, 5) is 21.1. The van der Waals surface area contributed by atoms with Gasteiger partial charge in [0.15, 0.2) is 5.78 Å². The Labute approximate surface area is 145 Å². The lowest BCUT2D eigenvalue weighted by atomic mass is 10.1. The van der Waals surface area contributed by atoms with Crippen LogP contribution in [0.25, 0.3) is 22.0 Å². The van der Waals surface area contributed by atoms with Gasteiger partial charge in [0, 0.05) is 16.1 Å². The Hall–Kier alpha value is -2.40. The van der Waals surface area contributed by atoms with Crippen molar-refractivity contribution >= 4 is 17.1 Å². The first-order valence-corrected chi connectivity index (χ1v) is 8.57. The number of hydrogen-bond donors (Lipinski definition) is 1. The van der Waals surface area contributed by atoms with Crippen molar-refractivity contribution in [1.29, 1.82) is 0 Å². The molecule has 0 amide bonds. The molecular formula is C19H20N2O2S. The van der Waals surface area contributed by atoms with Gasteiger partial charge in [0.05, 0.1) is 18.4 Å². The molecule has 0 saturated heterocycles. The highest BCUT2D eigenvalue weighted by atomic mass is 32.1. The Bertz CT molecular complexity index is 922. The molecule has 4 nitrogen and oxygen atoms in total. The van der Waals surface area contributed by atoms with E-state index in [4.69, 9.17) is 9.72 Å². The van der Waals surface area contributed by atoms with Gasteiger partial charge in [-0.2, -0.15) is 0 Å². The first-order chi connectivity index (χ1) is 11.4. The molecule has 5 heteroatoms. The van der Waals surface area contributed by atoms with Gasteiger partial charge in [-0.1, -0.05) is 12.1 Å². The van der Waals surface area contributed by atoms with E-state index in [2.05, 4.69) is 11.9 Å². The monoisotopic (exact) mass is 340 g/mol. The number of nitrogens with one attached hydrogen (secondary N) is 1. The van der Waals surface area contributed by atoms with Crippen molar-refractivity contribution in [3.8, 4) is 27.7 Å². The number of Topliss-reactive ketones (excluding diaryl/α,β-unsaturated/α-hetero) is 1. The maximum atomic E-state index is 11.9. The minimum Gasteiger partial charge on any atom is -0.496 e. The van der Waals surface area contributed by atoms with E-state index in [0.29, 0.717) is 0 Å². The number of ether oxygens (including phenoxy) is 1. The van der Waals surface area contributed by atoms with Gasteiger partial charge in [0.1, 0.15) is 16.5 Å². The van der Waals surface area contributed by atoms with Crippen molar-refractivity contribution in [3.05, 3.63) is 46.0 Å². The molecule has 1 N–H and O–H groups in total. The lowest BCUT2D eigenvalue weighted by Crippen LogP contribution is -1.95. The molecule has 0 aliphatic rings. The number of para-hydroxylation sites is 1. The molecule has 2 heterocycles. The summed E-state index contributed by atoms with van der Waals surface area (Å²) >= 11 is 1.63. The number of rotatable bonds is 4. The predicted octanol–water partition coefficient (Wildman–Crippen LogP) is 4.94. The van der Waals surface area contributed by atoms with Crippen LogP contribution < -0.4 is 4.74 Å². The zero-order valence-electron chi connectivity index (χ0n) is 14.5. The predicted molar refractivity (Wildman–Crippen MR) is 98.1 cm³/mol. The Morgan fingerprint density at radius 3 is 2.54 bits per heavy atom. The summed E-state index contributed by atoms with van der Waals surface area (Å²) in [5.41, 5.74) is 5.41. The largest absolute Gasteiger partial charge is 0.496 e. The Kier molecular flexibility index (Phi) is 4.28. The number of carbonyl (C=O) groups excluding carboxylic acids is 1. The highest BCUT2D eigenvalue weighted by molar-refractivity contribution is 7.15. The summed E-state index contributed by atoms with van der Waals surface area (Å²) in [5.74, 6) is 0.881. The molecule has 2 aromatic heterocycles. The zero-order chi connectivity index (χ0) is 17.4. The van der Waals surface area contributed by atoms with E-state index in [1.165, 1.54) is 0 Å². The number of benzene rings is 1. The smallest absolute Gasteiger partial charge is 0.161 e. The summed E-state index contributed by atoms with van der Waals surface area (Å²) in [6.45, 7) is 7.54. The molecule has 0 unspecified atom stereocenters. The minimum atomic E-state index is 0.0744. The van der Waals surface area contributed by atoms with Crippen molar-refractivity contribution < 1.29 is 9.53 Å². The standard InChI is InChI=1S/C19H20N2O2S/c1-10-16(12(3)22)11(2)20-17(10)18-13(4)24-19(21-18)14-8-6-7-9-15(14)23-5/h6-9,20H,1-5H3. The Balaban J connectivity index is 2.14. The zero-order valence-corrected chi connectivity index (χ0v) is 15.3. The van der Waals surface area contributed by atoms with E-state index in [9.17, 15) is 4.79 Å². The highest BCUT2D eigenvalue weighted by Crippen LogP contribution is 2.38. The maximum absolute atomic E-state index is 11.9. The second-order valence-corrected chi connectivity index (χ2v) is 7.01. The second kappa shape index (κ2) is 6.24. The van der Waals surface area contributed by atoms with Crippen molar-refractivity contribution in [2.75, 3.05) is 7.11 Å². The normalized spacial score (nSPS) is 10.9. The van der Waals surface area contributed by atoms with Gasteiger partial charge < -0.3 is 9.72 Å². The Morgan fingerprint density at radius 2 is 1.92 bits per heavy atom. The maximum Gasteiger partial charge on any atom is 0.161 e. The third kappa shape index (κ3) is 2.65. The van der Waals surface area contributed by atoms with Crippen molar-refractivity contribution in [2.24, 2.45) is 0 Å². The quantitative estimate of drug-likeness (QED) is 0.684. The van der Waals surface area contributed by atoms with E-state index in [1.54, 1.807) is 25.4 Å². The number of thiazole rings is 1. The number of H-pyrrole nitrogens is 1. The molecule has 0 radical (unpaired) electrons. The van der Waals surface area contributed by atoms with E-state index >= 15 is 0 Å². The average Bonchev–Trinajstić information content (AvgIpc) is 3.06. The number of aryl methyl sites for hydroxylation is 2. The van der Waals surface area contributed by atoms with Crippen molar-refractivity contribution in [3.63, 3.8) is 0 Å². The van der Waals surface area contributed by atoms with Gasteiger partial charge in [-0.05, 0) is 45.4 Å². The summed E-state index contributed by atoms with van der Waals surface area (Å²) in [7, 11) is 1.66. The average molecular weight is 340 g/mol. The molecule has 1 aromatic carbocycles. The Morgan fingerprint density at radius 1 is 1.21 bits per heavy atom. The first-order valence-electron chi connectivity index (χ1n) is 7.75. The lowest BCUT2D eigenvalue weighted by molar-refractivity contribution is 0.101. The van der Waals surface area contributed by atoms with Crippen LogP contribution in [0.15, 0.2) is 24.3 Å². The molecular weight excluding hydrogens is 320 g/mol. The van der Waals surface area contributed by atoms with Gasteiger partial charge in [0.2, 0.25) is 0 Å². The second-order valence-electron chi connectivity index (χ2n) is 5.81. The van der Waals surface area contributed by atoms with E-state index in [-0.39, 0.29) is 5.78 Å². The van der Waals surface area contributed by atoms with Crippen LogP contribution in [0.1, 0.15) is 33.4 Å². The summed E-state index contributed by atoms with van der Waals surface area (Å²) < 4.78 is 5.45. The molecule has 0 aliphatic carbocycles. The van der Waals surface area contributed by atoms with Crippen LogP contribution in [0.2, 0.25) is 0 Å². The molecule has 0 bridgehead atoms. The van der Waals surface area contributed by atoms with Crippen LogP contribution in [-0.4, -0.2) is 22.9 Å². The molecule has 3 rings (SSSR count). The highest BCUT2D eigenvalue weighted by Gasteiger charge is 2.21. The molecule has 0 saturated carbocycles. The third-order valence-electron chi connectivity index (χ3n) is 4.16. The van der Waals surface area contributed by atoms with E-state index < -0.39 is 0 Å². The molecule has 0 aliphatic heterocycles. The van der Waals surface area contributed by atoms with Crippen LogP contribution in [0.5, 0.6) is 5.75 Å². The fourth-order valence-corrected chi connectivity index (χ4v) is 4.03. The van der Waals surface area contributed by atoms with Crippen LogP contribution in [0, 0.1) is 20.8 Å². The van der Waals surface area contributed by atoms with Crippen LogP contribution in [0.3, 0.4) is 0 Å². The van der Waals surface area contributed by atoms with Gasteiger partial charge in [-0.25, -0.2) is 4.98 Å². The minimum absolute atomic E-state index is 0.0744. The molecule has 0 atom stereocenters. The fraction of sp³-hybridized carbons (Fsp3) is 0.263. The van der Waals surface area contributed by atoms with E-state index in [1.807, 2.05) is 38.1 Å². The van der Waals surface area contributed by atoms with E-state index in [0.717, 1.165) is 49.4 Å². The van der Waals surface area contributed by atoms with Crippen molar-refractivity contribution in [1.82, 2.24) is 9.97 Å². The van der Waals surface area contributed by atoms with Crippen molar-refractivity contribution in [2.45, 2.75) is 27.7 Å². The number of methoxy groups -OCH3 is 1. The third-order valence-corrected chi connectivity index (χ3v) is 5.16. The lowest BCUT2D eigenvalue weighted by Gasteiger charge is -2.04. The molecule has 124 valence electrons. The van der Waals surface area contributed by atoms with Crippen LogP contribution >= 0.6 is 11.3 Å². The van der Waals surface area contributed by atoms with Crippen LogP contribution in [0.4, 0.5) is 0 Å². The number of aromatic amines is 1. The number of carbonyl (C=O) groups is 1. The summed E-state index contributed by atoms with van der Waals surface area (Å²) in [5, 5.41) is 0.913. The summed E-state index contributed by atoms with van der Waals surface area (Å²) in [6, 6.07) is 7.87. The summed E-state index contributed by atoms with van der Waals surface area (Å²) in [6.07, 6.45) is 0. The topological polar surface area (TPSA) is 55.0 Å². The number of aromatic nitrogens is 2. The molecule has 3 aromatic rings. The SMILES string of the molecule is COc1ccccc1-c1nc(-c2[nH]c(C)c(C(C)=O)c2C)c(C)s1. The van der Waals surface area contributed by atoms with Gasteiger partial charge >= 0.3 is 0 Å². The number of ketones is 1. The van der Waals surface area contributed by atoms with Gasteiger partial charge in [0.25, 0.3) is 0 Å². The van der Waals surface area contributed by atoms with Gasteiger partial charge in [-0.15, -0.1) is 11.3 Å². The molecule has 24 heavy (non-hydrogen) atoms. The molecule has 0 fully saturated rings.